The summed E-state index contributed by atoms with van der Waals surface area (Å²) in [5, 5.41) is 9.35. The summed E-state index contributed by atoms with van der Waals surface area (Å²) in [7, 11) is 2.04. The highest BCUT2D eigenvalue weighted by atomic mass is 16.4. The van der Waals surface area contributed by atoms with Crippen LogP contribution >= 0.6 is 0 Å². The van der Waals surface area contributed by atoms with Gasteiger partial charge in [0.1, 0.15) is 0 Å². The van der Waals surface area contributed by atoms with E-state index in [9.17, 15) is 9.90 Å². The van der Waals surface area contributed by atoms with Gasteiger partial charge in [0.15, 0.2) is 0 Å². The molecule has 1 N–H and O–H groups in total. The second-order valence-corrected chi connectivity index (χ2v) is 5.80. The topological polar surface area (TPSA) is 40.5 Å². The summed E-state index contributed by atoms with van der Waals surface area (Å²) in [6, 6.07) is 5.98. The van der Waals surface area contributed by atoms with Gasteiger partial charge in [-0.15, -0.1) is 0 Å². The molecule has 0 radical (unpaired) electrons. The van der Waals surface area contributed by atoms with Gasteiger partial charge in [0, 0.05) is 13.1 Å². The summed E-state index contributed by atoms with van der Waals surface area (Å²) in [6.45, 7) is 4.29. The van der Waals surface area contributed by atoms with E-state index in [4.69, 9.17) is 0 Å². The van der Waals surface area contributed by atoms with Gasteiger partial charge in [0.25, 0.3) is 0 Å². The van der Waals surface area contributed by atoms with Crippen molar-refractivity contribution in [3.05, 3.63) is 29.3 Å². The molecule has 1 fully saturated rings. The molecule has 3 nitrogen and oxygen atoms in total. The number of aryl methyl sites for hydroxylation is 1. The van der Waals surface area contributed by atoms with Crippen LogP contribution in [0.15, 0.2) is 18.2 Å². The third-order valence-electron chi connectivity index (χ3n) is 4.35. The number of para-hydroxylation sites is 1. The molecule has 0 saturated heterocycles. The maximum atomic E-state index is 11.4. The van der Waals surface area contributed by atoms with Crippen molar-refractivity contribution in [3.63, 3.8) is 0 Å². The van der Waals surface area contributed by atoms with Crippen molar-refractivity contribution in [2.24, 2.45) is 5.92 Å². The zero-order valence-corrected chi connectivity index (χ0v) is 12.0. The van der Waals surface area contributed by atoms with Gasteiger partial charge in [-0.05, 0) is 50.2 Å². The Hall–Kier alpha value is -1.51. The molecule has 0 unspecified atom stereocenters. The fourth-order valence-corrected chi connectivity index (χ4v) is 3.11. The molecule has 0 spiro atoms. The molecular weight excluding hydrogens is 238 g/mol. The molecule has 19 heavy (non-hydrogen) atoms. The maximum Gasteiger partial charge on any atom is 0.337 e. The van der Waals surface area contributed by atoms with Crippen LogP contribution in [-0.4, -0.2) is 24.2 Å². The van der Waals surface area contributed by atoms with E-state index in [1.165, 1.54) is 12.8 Å². The lowest BCUT2D eigenvalue weighted by atomic mass is 9.86. The monoisotopic (exact) mass is 261 g/mol. The van der Waals surface area contributed by atoms with Crippen LogP contribution in [-0.2, 0) is 0 Å². The predicted octanol–water partition coefficient (Wildman–Crippen LogP) is 3.71. The molecule has 3 heteroatoms. The van der Waals surface area contributed by atoms with Crippen LogP contribution in [0.4, 0.5) is 5.69 Å². The van der Waals surface area contributed by atoms with Crippen LogP contribution in [0.25, 0.3) is 0 Å². The first kappa shape index (κ1) is 13.9. The molecule has 1 saturated carbocycles. The summed E-state index contributed by atoms with van der Waals surface area (Å²) < 4.78 is 0. The van der Waals surface area contributed by atoms with E-state index in [1.54, 1.807) is 6.07 Å². The van der Waals surface area contributed by atoms with Crippen LogP contribution in [0.5, 0.6) is 0 Å². The third kappa shape index (κ3) is 2.91. The quantitative estimate of drug-likeness (QED) is 0.901. The number of hydrogen-bond donors (Lipinski definition) is 1. The lowest BCUT2D eigenvalue weighted by Crippen LogP contribution is -2.36. The fraction of sp³-hybridized carbons (Fsp3) is 0.562. The van der Waals surface area contributed by atoms with Gasteiger partial charge in [0.2, 0.25) is 0 Å². The summed E-state index contributed by atoms with van der Waals surface area (Å²) in [4.78, 5) is 13.6. The Morgan fingerprint density at radius 3 is 2.47 bits per heavy atom. The summed E-state index contributed by atoms with van der Waals surface area (Å²) in [5.41, 5.74) is 2.34. The highest BCUT2D eigenvalue weighted by Gasteiger charge is 2.25. The third-order valence-corrected chi connectivity index (χ3v) is 4.35. The molecule has 0 aliphatic heterocycles. The maximum absolute atomic E-state index is 11.4. The number of nitrogens with zero attached hydrogens (tertiary/aromatic N) is 1. The van der Waals surface area contributed by atoms with Gasteiger partial charge in [-0.25, -0.2) is 4.79 Å². The first-order chi connectivity index (χ1) is 9.00. The average Bonchev–Trinajstić information content (AvgIpc) is 2.38. The molecule has 1 aliphatic carbocycles. The largest absolute Gasteiger partial charge is 0.478 e. The second kappa shape index (κ2) is 5.64. The summed E-state index contributed by atoms with van der Waals surface area (Å²) >= 11 is 0. The number of carbonyl (C=O) groups is 1. The van der Waals surface area contributed by atoms with Crippen LogP contribution in [0.1, 0.15) is 48.5 Å². The molecule has 0 bridgehead atoms. The van der Waals surface area contributed by atoms with Gasteiger partial charge < -0.3 is 10.0 Å². The molecule has 104 valence electrons. The predicted molar refractivity (Wildman–Crippen MR) is 78.0 cm³/mol. The smallest absolute Gasteiger partial charge is 0.337 e. The van der Waals surface area contributed by atoms with Crippen LogP contribution in [0, 0.1) is 12.8 Å². The standard InChI is InChI=1S/C16H23NO2/c1-11-7-9-13(10-8-11)17(3)15-12(2)5-4-6-14(15)16(18)19/h4-6,11,13H,7-10H2,1-3H3,(H,18,19). The average molecular weight is 261 g/mol. The summed E-state index contributed by atoms with van der Waals surface area (Å²) in [6.07, 6.45) is 4.79. The normalized spacial score (nSPS) is 23.1. The van der Waals surface area contributed by atoms with Crippen molar-refractivity contribution in [1.82, 2.24) is 0 Å². The second-order valence-electron chi connectivity index (χ2n) is 5.80. The van der Waals surface area contributed by atoms with Crippen LogP contribution < -0.4 is 4.90 Å². The van der Waals surface area contributed by atoms with Crippen molar-refractivity contribution in [2.75, 3.05) is 11.9 Å². The Kier molecular flexibility index (Phi) is 4.13. The van der Waals surface area contributed by atoms with Crippen molar-refractivity contribution in [1.29, 1.82) is 0 Å². The van der Waals surface area contributed by atoms with E-state index in [0.29, 0.717) is 11.6 Å². The van der Waals surface area contributed by atoms with E-state index < -0.39 is 5.97 Å². The van der Waals surface area contributed by atoms with Crippen molar-refractivity contribution in [3.8, 4) is 0 Å². The molecule has 1 aliphatic rings. The molecule has 1 aromatic rings. The zero-order chi connectivity index (χ0) is 14.0. The van der Waals surface area contributed by atoms with Crippen molar-refractivity contribution >= 4 is 11.7 Å². The number of anilines is 1. The molecule has 0 aromatic heterocycles. The first-order valence-corrected chi connectivity index (χ1v) is 7.06. The van der Waals surface area contributed by atoms with Crippen LogP contribution in [0.2, 0.25) is 0 Å². The minimum Gasteiger partial charge on any atom is -0.478 e. The van der Waals surface area contributed by atoms with Crippen molar-refractivity contribution in [2.45, 2.75) is 45.6 Å². The van der Waals surface area contributed by atoms with Gasteiger partial charge in [0.05, 0.1) is 11.3 Å². The summed E-state index contributed by atoms with van der Waals surface area (Å²) in [5.74, 6) is -0.0322. The molecule has 0 heterocycles. The Morgan fingerprint density at radius 1 is 1.26 bits per heavy atom. The highest BCUT2D eigenvalue weighted by Crippen LogP contribution is 2.32. The molecule has 0 amide bonds. The van der Waals surface area contributed by atoms with Gasteiger partial charge in [-0.3, -0.25) is 0 Å². The number of carboxylic acid groups (broad SMARTS) is 1. The van der Waals surface area contributed by atoms with E-state index in [2.05, 4.69) is 11.8 Å². The number of hydrogen-bond acceptors (Lipinski definition) is 2. The Morgan fingerprint density at radius 2 is 1.89 bits per heavy atom. The zero-order valence-electron chi connectivity index (χ0n) is 12.0. The van der Waals surface area contributed by atoms with E-state index >= 15 is 0 Å². The van der Waals surface area contributed by atoms with Crippen LogP contribution in [0.3, 0.4) is 0 Å². The van der Waals surface area contributed by atoms with Gasteiger partial charge >= 0.3 is 5.97 Å². The van der Waals surface area contributed by atoms with Gasteiger partial charge in [-0.1, -0.05) is 19.1 Å². The number of benzene rings is 1. The van der Waals surface area contributed by atoms with Gasteiger partial charge in [-0.2, -0.15) is 0 Å². The lowest BCUT2D eigenvalue weighted by Gasteiger charge is -2.36. The Labute approximate surface area is 115 Å². The highest BCUT2D eigenvalue weighted by molar-refractivity contribution is 5.95. The Balaban J connectivity index is 2.28. The van der Waals surface area contributed by atoms with Crippen molar-refractivity contribution < 1.29 is 9.90 Å². The molecular formula is C16H23NO2. The first-order valence-electron chi connectivity index (χ1n) is 7.06. The lowest BCUT2D eigenvalue weighted by molar-refractivity contribution is 0.0697. The molecule has 0 atom stereocenters. The SMILES string of the molecule is Cc1cccc(C(=O)O)c1N(C)C1CCC(C)CC1. The molecule has 2 rings (SSSR count). The minimum atomic E-state index is -0.838. The number of rotatable bonds is 3. The Bertz CT molecular complexity index is 462. The minimum absolute atomic E-state index is 0.418. The number of aromatic carboxylic acids is 1. The van der Waals surface area contributed by atoms with E-state index in [1.807, 2.05) is 26.1 Å². The number of carboxylic acids is 1. The fourth-order valence-electron chi connectivity index (χ4n) is 3.11. The van der Waals surface area contributed by atoms with E-state index in [0.717, 1.165) is 30.0 Å². The molecule has 1 aromatic carbocycles. The van der Waals surface area contributed by atoms with E-state index in [-0.39, 0.29) is 0 Å².